The molecular weight excluding hydrogens is 733 g/mol. The largest absolute Gasteiger partial charge is 0.456 e. The highest BCUT2D eigenvalue weighted by molar-refractivity contribution is 7.26. The predicted molar refractivity (Wildman–Crippen MR) is 246 cm³/mol. The number of furan rings is 1. The summed E-state index contributed by atoms with van der Waals surface area (Å²) in [4.78, 5) is 4.80. The Bertz CT molecular complexity index is 3490. The number of thiophene rings is 2. The molecule has 268 valence electrons. The molecule has 0 saturated heterocycles. The van der Waals surface area contributed by atoms with E-state index in [0.29, 0.717) is 0 Å². The Kier molecular flexibility index (Phi) is 7.27. The van der Waals surface area contributed by atoms with Gasteiger partial charge in [-0.25, -0.2) is 0 Å². The molecule has 57 heavy (non-hydrogen) atoms. The second kappa shape index (κ2) is 12.8. The van der Waals surface area contributed by atoms with Crippen LogP contribution in [0.4, 0.5) is 34.1 Å². The zero-order valence-corrected chi connectivity index (χ0v) is 32.2. The molecule has 0 aliphatic heterocycles. The van der Waals surface area contributed by atoms with Crippen LogP contribution in [0.1, 0.15) is 0 Å². The van der Waals surface area contributed by atoms with Crippen molar-refractivity contribution in [3.63, 3.8) is 0 Å². The Morgan fingerprint density at radius 3 is 1.58 bits per heavy atom. The minimum Gasteiger partial charge on any atom is -0.456 e. The predicted octanol–water partition coefficient (Wildman–Crippen LogP) is 16.4. The lowest BCUT2D eigenvalue weighted by molar-refractivity contribution is 0.669. The molecular formula is C52H32N2OS2. The standard InChI is InChI=1S/C52H32N2OS2/c1-3-13-33(14-4-1)53(35-24-27-49-43(30-35)40-19-10-12-22-48(40)56-49)36-25-28-50-44(31-36)52-41-20-8-7-17-38(41)45(32-51(52)57-50)54(34-15-5-2-6-16-34)37-23-26-47-42(29-37)39-18-9-11-21-46(39)55-47/h1-32H. The molecule has 3 nitrogen and oxygen atoms in total. The third kappa shape index (κ3) is 5.17. The van der Waals surface area contributed by atoms with Crippen LogP contribution in [0.5, 0.6) is 0 Å². The van der Waals surface area contributed by atoms with Gasteiger partial charge in [0.2, 0.25) is 0 Å². The Hall–Kier alpha value is -6.92. The normalized spacial score (nSPS) is 11.9. The van der Waals surface area contributed by atoms with Gasteiger partial charge >= 0.3 is 0 Å². The molecule has 9 aromatic carbocycles. The van der Waals surface area contributed by atoms with Crippen LogP contribution >= 0.6 is 22.7 Å². The minimum absolute atomic E-state index is 0.890. The van der Waals surface area contributed by atoms with Gasteiger partial charge in [-0.15, -0.1) is 22.7 Å². The van der Waals surface area contributed by atoms with E-state index in [-0.39, 0.29) is 0 Å². The van der Waals surface area contributed by atoms with E-state index in [9.17, 15) is 0 Å². The fourth-order valence-electron chi connectivity index (χ4n) is 8.67. The third-order valence-corrected chi connectivity index (χ3v) is 13.5. The van der Waals surface area contributed by atoms with Crippen LogP contribution in [0.2, 0.25) is 0 Å². The van der Waals surface area contributed by atoms with E-state index in [1.165, 1.54) is 51.1 Å². The zero-order valence-electron chi connectivity index (χ0n) is 30.6. The first-order valence-corrected chi connectivity index (χ1v) is 20.8. The van der Waals surface area contributed by atoms with Gasteiger partial charge in [0.15, 0.2) is 0 Å². The number of benzene rings is 9. The van der Waals surface area contributed by atoms with Gasteiger partial charge in [-0.3, -0.25) is 0 Å². The summed E-state index contributed by atoms with van der Waals surface area (Å²) in [5, 5.41) is 9.81. The molecule has 0 unspecified atom stereocenters. The maximum absolute atomic E-state index is 6.26. The summed E-state index contributed by atoms with van der Waals surface area (Å²) in [6.45, 7) is 0. The molecule has 0 spiro atoms. The first-order chi connectivity index (χ1) is 28.2. The fraction of sp³-hybridized carbons (Fsp3) is 0. The Balaban J connectivity index is 1.07. The van der Waals surface area contributed by atoms with Crippen molar-refractivity contribution in [1.82, 2.24) is 0 Å². The summed E-state index contributed by atoms with van der Waals surface area (Å²) in [5.74, 6) is 0. The number of hydrogen-bond acceptors (Lipinski definition) is 5. The maximum atomic E-state index is 6.26. The van der Waals surface area contributed by atoms with Crippen molar-refractivity contribution in [1.29, 1.82) is 0 Å². The summed E-state index contributed by atoms with van der Waals surface area (Å²) >= 11 is 3.72. The van der Waals surface area contributed by atoms with E-state index in [0.717, 1.165) is 56.1 Å². The quantitative estimate of drug-likeness (QED) is 0.168. The number of para-hydroxylation sites is 3. The molecule has 0 bridgehead atoms. The van der Waals surface area contributed by atoms with Crippen molar-refractivity contribution in [2.75, 3.05) is 9.80 Å². The summed E-state index contributed by atoms with van der Waals surface area (Å²) in [6.07, 6.45) is 0. The lowest BCUT2D eigenvalue weighted by Gasteiger charge is -2.27. The van der Waals surface area contributed by atoms with Crippen molar-refractivity contribution in [3.05, 3.63) is 194 Å². The maximum Gasteiger partial charge on any atom is 0.135 e. The van der Waals surface area contributed by atoms with E-state index in [1.807, 2.05) is 34.8 Å². The highest BCUT2D eigenvalue weighted by atomic mass is 32.1. The molecule has 0 radical (unpaired) electrons. The number of nitrogens with zero attached hydrogens (tertiary/aromatic N) is 2. The first kappa shape index (κ1) is 32.3. The second-order valence-corrected chi connectivity index (χ2v) is 16.7. The Morgan fingerprint density at radius 1 is 0.298 bits per heavy atom. The van der Waals surface area contributed by atoms with E-state index in [2.05, 4.69) is 192 Å². The van der Waals surface area contributed by atoms with Crippen molar-refractivity contribution >= 4 is 130 Å². The number of anilines is 6. The molecule has 0 aliphatic carbocycles. The SMILES string of the molecule is c1ccc(N(c2ccc3sc4ccccc4c3c2)c2ccc3sc4cc(N(c5ccccc5)c5ccc6oc7ccccc7c6c5)c5ccccc5c4c3c2)cc1. The van der Waals surface area contributed by atoms with Gasteiger partial charge in [0, 0.05) is 84.9 Å². The van der Waals surface area contributed by atoms with Gasteiger partial charge in [-0.1, -0.05) is 97.1 Å². The molecule has 0 atom stereocenters. The van der Waals surface area contributed by atoms with Crippen LogP contribution in [0, 0.1) is 0 Å². The van der Waals surface area contributed by atoms with Gasteiger partial charge in [0.1, 0.15) is 11.2 Å². The number of fused-ring (bicyclic) bond motifs is 11. The van der Waals surface area contributed by atoms with Gasteiger partial charge < -0.3 is 14.2 Å². The minimum atomic E-state index is 0.890. The molecule has 0 amide bonds. The molecule has 3 heterocycles. The van der Waals surface area contributed by atoms with E-state index >= 15 is 0 Å². The molecule has 0 saturated carbocycles. The van der Waals surface area contributed by atoms with E-state index in [1.54, 1.807) is 0 Å². The lowest BCUT2D eigenvalue weighted by Crippen LogP contribution is -2.10. The smallest absolute Gasteiger partial charge is 0.135 e. The van der Waals surface area contributed by atoms with Crippen molar-refractivity contribution in [2.24, 2.45) is 0 Å². The highest BCUT2D eigenvalue weighted by Gasteiger charge is 2.22. The van der Waals surface area contributed by atoms with Crippen molar-refractivity contribution in [2.45, 2.75) is 0 Å². The molecule has 5 heteroatoms. The van der Waals surface area contributed by atoms with Gasteiger partial charge in [0.25, 0.3) is 0 Å². The molecule has 0 aliphatic rings. The van der Waals surface area contributed by atoms with Gasteiger partial charge in [-0.2, -0.15) is 0 Å². The number of rotatable bonds is 6. The highest BCUT2D eigenvalue weighted by Crippen LogP contribution is 2.49. The van der Waals surface area contributed by atoms with Gasteiger partial charge in [0.05, 0.1) is 5.69 Å². The molecule has 12 rings (SSSR count). The zero-order chi connectivity index (χ0) is 37.5. The average molecular weight is 765 g/mol. The summed E-state index contributed by atoms with van der Waals surface area (Å²) in [6, 6.07) is 70.3. The lowest BCUT2D eigenvalue weighted by atomic mass is 10.00. The summed E-state index contributed by atoms with van der Waals surface area (Å²) in [5.41, 5.74) is 8.53. The van der Waals surface area contributed by atoms with E-state index < -0.39 is 0 Å². The van der Waals surface area contributed by atoms with Crippen LogP contribution in [-0.2, 0) is 0 Å². The second-order valence-electron chi connectivity index (χ2n) is 14.5. The number of hydrogen-bond donors (Lipinski definition) is 0. The molecule has 12 aromatic rings. The first-order valence-electron chi connectivity index (χ1n) is 19.2. The third-order valence-electron chi connectivity index (χ3n) is 11.2. The molecule has 3 aromatic heterocycles. The van der Waals surface area contributed by atoms with Gasteiger partial charge in [-0.05, 0) is 102 Å². The van der Waals surface area contributed by atoms with Crippen LogP contribution < -0.4 is 9.80 Å². The van der Waals surface area contributed by atoms with E-state index in [4.69, 9.17) is 4.42 Å². The fourth-order valence-corrected chi connectivity index (χ4v) is 10.9. The molecule has 0 fully saturated rings. The van der Waals surface area contributed by atoms with Crippen molar-refractivity contribution < 1.29 is 4.42 Å². The van der Waals surface area contributed by atoms with Crippen LogP contribution in [-0.4, -0.2) is 0 Å². The van der Waals surface area contributed by atoms with Crippen LogP contribution in [0.25, 0.3) is 73.1 Å². The Labute approximate surface area is 336 Å². The summed E-state index contributed by atoms with van der Waals surface area (Å²) < 4.78 is 11.4. The topological polar surface area (TPSA) is 19.6 Å². The molecule has 0 N–H and O–H groups in total. The Morgan fingerprint density at radius 2 is 0.807 bits per heavy atom. The summed E-state index contributed by atoms with van der Waals surface area (Å²) in [7, 11) is 0. The average Bonchev–Trinajstić information content (AvgIpc) is 3.95. The monoisotopic (exact) mass is 764 g/mol. The van der Waals surface area contributed by atoms with Crippen molar-refractivity contribution in [3.8, 4) is 0 Å². The van der Waals surface area contributed by atoms with Crippen LogP contribution in [0.15, 0.2) is 199 Å². The van der Waals surface area contributed by atoms with Crippen LogP contribution in [0.3, 0.4) is 0 Å².